The van der Waals surface area contributed by atoms with Gasteiger partial charge in [-0.2, -0.15) is 13.2 Å². The van der Waals surface area contributed by atoms with Crippen molar-refractivity contribution in [3.8, 4) is 0 Å². The van der Waals surface area contributed by atoms with Gasteiger partial charge in [0.1, 0.15) is 6.04 Å². The summed E-state index contributed by atoms with van der Waals surface area (Å²) in [6.07, 6.45) is -2.96. The molecule has 1 atom stereocenters. The molecule has 8 nitrogen and oxygen atoms in total. The van der Waals surface area contributed by atoms with Gasteiger partial charge in [0.15, 0.2) is 0 Å². The molecule has 0 spiro atoms. The van der Waals surface area contributed by atoms with Gasteiger partial charge in [0.05, 0.1) is 16.2 Å². The zero-order valence-electron chi connectivity index (χ0n) is 16.3. The van der Waals surface area contributed by atoms with E-state index >= 15 is 0 Å². The third kappa shape index (κ3) is 5.71. The van der Waals surface area contributed by atoms with Crippen LogP contribution in [-0.2, 0) is 11.0 Å². The van der Waals surface area contributed by atoms with Gasteiger partial charge in [-0.3, -0.25) is 19.7 Å². The van der Waals surface area contributed by atoms with Gasteiger partial charge in [0.2, 0.25) is 5.91 Å². The van der Waals surface area contributed by atoms with Crippen LogP contribution in [0.1, 0.15) is 35.7 Å². The molecule has 0 aliphatic heterocycles. The highest BCUT2D eigenvalue weighted by molar-refractivity contribution is 5.97. The van der Waals surface area contributed by atoms with E-state index in [1.807, 2.05) is 0 Å². The second-order valence-electron chi connectivity index (χ2n) is 7.17. The zero-order chi connectivity index (χ0) is 22.8. The lowest BCUT2D eigenvalue weighted by molar-refractivity contribution is -0.385. The van der Waals surface area contributed by atoms with E-state index in [9.17, 15) is 32.9 Å². The Hall–Kier alpha value is -3.63. The molecule has 3 N–H and O–H groups in total. The lowest BCUT2D eigenvalue weighted by Gasteiger charge is -2.18. The SMILES string of the molecule is CC(Nc1ccc(C(=O)NC2CC2)cc1)C(=O)Nc1ccc([N+](=O)[O-])cc1C(F)(F)F. The molecule has 2 aromatic rings. The number of hydrogen-bond acceptors (Lipinski definition) is 5. The standard InChI is InChI=1S/C20H19F3N4O4/c1-11(24-13-4-2-12(3-5-13)19(29)25-14-6-7-14)18(28)26-17-9-8-15(27(30)31)10-16(17)20(21,22)23/h2-5,8-11,14,24H,6-7H2,1H3,(H,25,29)(H,26,28). The van der Waals surface area contributed by atoms with Gasteiger partial charge in [0.25, 0.3) is 11.6 Å². The van der Waals surface area contributed by atoms with E-state index in [1.165, 1.54) is 6.92 Å². The summed E-state index contributed by atoms with van der Waals surface area (Å²) in [5.74, 6) is -0.965. The Labute approximate surface area is 175 Å². The first-order valence-electron chi connectivity index (χ1n) is 9.38. The highest BCUT2D eigenvalue weighted by Gasteiger charge is 2.36. The number of rotatable bonds is 7. The topological polar surface area (TPSA) is 113 Å². The van der Waals surface area contributed by atoms with Crippen LogP contribution < -0.4 is 16.0 Å². The number of carbonyl (C=O) groups excluding carboxylic acids is 2. The lowest BCUT2D eigenvalue weighted by atomic mass is 10.1. The first-order chi connectivity index (χ1) is 14.5. The number of nitro benzene ring substituents is 1. The van der Waals surface area contributed by atoms with Gasteiger partial charge < -0.3 is 16.0 Å². The van der Waals surface area contributed by atoms with Crippen LogP contribution in [-0.4, -0.2) is 28.8 Å². The minimum Gasteiger partial charge on any atom is -0.374 e. The molecule has 1 unspecified atom stereocenters. The molecule has 0 aromatic heterocycles. The molecule has 3 rings (SSSR count). The summed E-state index contributed by atoms with van der Waals surface area (Å²) in [7, 11) is 0. The molecule has 0 radical (unpaired) electrons. The van der Waals surface area contributed by atoms with Crippen molar-refractivity contribution in [3.63, 3.8) is 0 Å². The molecule has 0 bridgehead atoms. The molecular weight excluding hydrogens is 417 g/mol. The Morgan fingerprint density at radius 1 is 1.13 bits per heavy atom. The summed E-state index contributed by atoms with van der Waals surface area (Å²) in [4.78, 5) is 34.2. The number of benzene rings is 2. The molecule has 2 aromatic carbocycles. The molecule has 0 heterocycles. The quantitative estimate of drug-likeness (QED) is 0.449. The van der Waals surface area contributed by atoms with Crippen molar-refractivity contribution < 1.29 is 27.7 Å². The number of nitrogens with zero attached hydrogens (tertiary/aromatic N) is 1. The number of hydrogen-bond donors (Lipinski definition) is 3. The molecule has 2 amide bonds. The van der Waals surface area contributed by atoms with Gasteiger partial charge in [-0.1, -0.05) is 0 Å². The third-order valence-corrected chi connectivity index (χ3v) is 4.61. The fourth-order valence-corrected chi connectivity index (χ4v) is 2.76. The van der Waals surface area contributed by atoms with Gasteiger partial charge >= 0.3 is 6.18 Å². The van der Waals surface area contributed by atoms with E-state index in [-0.39, 0.29) is 11.9 Å². The molecule has 1 aliphatic rings. The molecule has 1 saturated carbocycles. The number of alkyl halides is 3. The van der Waals surface area contributed by atoms with Crippen LogP contribution in [0.25, 0.3) is 0 Å². The van der Waals surface area contributed by atoms with Crippen molar-refractivity contribution in [2.45, 2.75) is 38.0 Å². The van der Waals surface area contributed by atoms with Crippen molar-refractivity contribution in [3.05, 3.63) is 63.7 Å². The average Bonchev–Trinajstić information content (AvgIpc) is 3.51. The van der Waals surface area contributed by atoms with Crippen LogP contribution in [0.2, 0.25) is 0 Å². The molecule has 31 heavy (non-hydrogen) atoms. The minimum absolute atomic E-state index is 0.197. The zero-order valence-corrected chi connectivity index (χ0v) is 16.3. The molecule has 0 saturated heterocycles. The highest BCUT2D eigenvalue weighted by Crippen LogP contribution is 2.37. The Morgan fingerprint density at radius 3 is 2.32 bits per heavy atom. The number of amides is 2. The summed E-state index contributed by atoms with van der Waals surface area (Å²) in [5, 5.41) is 18.6. The van der Waals surface area contributed by atoms with Gasteiger partial charge in [-0.15, -0.1) is 0 Å². The van der Waals surface area contributed by atoms with Gasteiger partial charge in [-0.05, 0) is 50.1 Å². The van der Waals surface area contributed by atoms with Gasteiger partial charge in [0, 0.05) is 29.4 Å². The van der Waals surface area contributed by atoms with Crippen LogP contribution in [0.15, 0.2) is 42.5 Å². The monoisotopic (exact) mass is 436 g/mol. The number of nitro groups is 1. The fourth-order valence-electron chi connectivity index (χ4n) is 2.76. The van der Waals surface area contributed by atoms with Crippen molar-refractivity contribution >= 4 is 28.9 Å². The normalized spacial score (nSPS) is 14.5. The first-order valence-corrected chi connectivity index (χ1v) is 9.38. The van der Waals surface area contributed by atoms with Crippen LogP contribution >= 0.6 is 0 Å². The van der Waals surface area contributed by atoms with Crippen LogP contribution in [0.3, 0.4) is 0 Å². The Bertz CT molecular complexity index is 1000. The van der Waals surface area contributed by atoms with E-state index in [4.69, 9.17) is 0 Å². The maximum absolute atomic E-state index is 13.3. The maximum Gasteiger partial charge on any atom is 0.418 e. The molecule has 164 valence electrons. The van der Waals surface area contributed by atoms with Crippen LogP contribution in [0.5, 0.6) is 0 Å². The van der Waals surface area contributed by atoms with E-state index < -0.39 is 40.0 Å². The van der Waals surface area contributed by atoms with Crippen LogP contribution in [0, 0.1) is 10.1 Å². The number of halogens is 3. The average molecular weight is 436 g/mol. The van der Waals surface area contributed by atoms with Gasteiger partial charge in [-0.25, -0.2) is 0 Å². The van der Waals surface area contributed by atoms with Crippen molar-refractivity contribution in [1.82, 2.24) is 5.32 Å². The summed E-state index contributed by atoms with van der Waals surface area (Å²) in [6.45, 7) is 1.45. The molecular formula is C20H19F3N4O4. The number of carbonyl (C=O) groups is 2. The predicted octanol–water partition coefficient (Wildman–Crippen LogP) is 3.94. The summed E-state index contributed by atoms with van der Waals surface area (Å²) >= 11 is 0. The second kappa shape index (κ2) is 8.62. The molecule has 11 heteroatoms. The molecule has 1 aliphatic carbocycles. The van der Waals surface area contributed by atoms with Crippen molar-refractivity contribution in [2.24, 2.45) is 0 Å². The third-order valence-electron chi connectivity index (χ3n) is 4.61. The van der Waals surface area contributed by atoms with E-state index in [0.29, 0.717) is 17.3 Å². The molecule has 1 fully saturated rings. The smallest absolute Gasteiger partial charge is 0.374 e. The summed E-state index contributed by atoms with van der Waals surface area (Å²) < 4.78 is 39.8. The summed E-state index contributed by atoms with van der Waals surface area (Å²) in [5.41, 5.74) is -1.68. The van der Waals surface area contributed by atoms with Crippen molar-refractivity contribution in [1.29, 1.82) is 0 Å². The second-order valence-corrected chi connectivity index (χ2v) is 7.17. The maximum atomic E-state index is 13.3. The number of anilines is 2. The number of nitrogens with one attached hydrogen (secondary N) is 3. The van der Waals surface area contributed by atoms with E-state index in [2.05, 4.69) is 16.0 Å². The highest BCUT2D eigenvalue weighted by atomic mass is 19.4. The lowest BCUT2D eigenvalue weighted by Crippen LogP contribution is -2.32. The Balaban J connectivity index is 1.66. The van der Waals surface area contributed by atoms with E-state index in [0.717, 1.165) is 25.0 Å². The predicted molar refractivity (Wildman–Crippen MR) is 107 cm³/mol. The Morgan fingerprint density at radius 2 is 1.77 bits per heavy atom. The van der Waals surface area contributed by atoms with E-state index in [1.54, 1.807) is 24.3 Å². The first kappa shape index (κ1) is 22.1. The fraction of sp³-hybridized carbons (Fsp3) is 0.300. The summed E-state index contributed by atoms with van der Waals surface area (Å²) in [6, 6.07) is 7.70. The Kier molecular flexibility index (Phi) is 6.14. The minimum atomic E-state index is -4.89. The number of non-ortho nitro benzene ring substituents is 1. The van der Waals surface area contributed by atoms with Crippen LogP contribution in [0.4, 0.5) is 30.2 Å². The largest absolute Gasteiger partial charge is 0.418 e. The van der Waals surface area contributed by atoms with Crippen molar-refractivity contribution in [2.75, 3.05) is 10.6 Å².